The number of nitrogen functional groups attached to an aromatic ring is 1. The maximum Gasteiger partial charge on any atom is 0.224 e. The second-order valence-corrected chi connectivity index (χ2v) is 6.47. The second-order valence-electron chi connectivity index (χ2n) is 6.47. The first-order valence-electron chi connectivity index (χ1n) is 8.46. The molecule has 0 spiro atoms. The van der Waals surface area contributed by atoms with Crippen LogP contribution in [0, 0.1) is 0 Å². The molecule has 9 nitrogen and oxygen atoms in total. The first-order valence-corrected chi connectivity index (χ1v) is 8.46. The van der Waals surface area contributed by atoms with Crippen molar-refractivity contribution in [1.29, 1.82) is 0 Å². The van der Waals surface area contributed by atoms with Crippen molar-refractivity contribution in [2.24, 2.45) is 0 Å². The summed E-state index contributed by atoms with van der Waals surface area (Å²) in [6.07, 6.45) is 5.52. The van der Waals surface area contributed by atoms with Gasteiger partial charge in [-0.25, -0.2) is 14.3 Å². The van der Waals surface area contributed by atoms with E-state index in [-0.39, 0.29) is 12.0 Å². The zero-order valence-electron chi connectivity index (χ0n) is 14.3. The van der Waals surface area contributed by atoms with Crippen LogP contribution in [0.1, 0.15) is 50.3 Å². The summed E-state index contributed by atoms with van der Waals surface area (Å²) in [5.41, 5.74) is 5.87. The predicted molar refractivity (Wildman–Crippen MR) is 93.3 cm³/mol. The molecule has 25 heavy (non-hydrogen) atoms. The summed E-state index contributed by atoms with van der Waals surface area (Å²) in [4.78, 5) is 13.3. The lowest BCUT2D eigenvalue weighted by Crippen LogP contribution is -2.23. The van der Waals surface area contributed by atoms with Gasteiger partial charge < -0.3 is 11.1 Å². The van der Waals surface area contributed by atoms with E-state index >= 15 is 0 Å². The highest BCUT2D eigenvalue weighted by Crippen LogP contribution is 2.28. The van der Waals surface area contributed by atoms with Gasteiger partial charge in [-0.2, -0.15) is 20.2 Å². The predicted octanol–water partition coefficient (Wildman–Crippen LogP) is 1.91. The largest absolute Gasteiger partial charge is 0.368 e. The summed E-state index contributed by atoms with van der Waals surface area (Å²) >= 11 is 0. The number of nitrogens with one attached hydrogen (secondary N) is 1. The average Bonchev–Trinajstić information content (AvgIpc) is 3.24. The maximum absolute atomic E-state index is 5.87. The molecule has 0 amide bonds. The van der Waals surface area contributed by atoms with Gasteiger partial charge in [-0.1, -0.05) is 13.8 Å². The third-order valence-corrected chi connectivity index (χ3v) is 4.20. The summed E-state index contributed by atoms with van der Waals surface area (Å²) in [6.45, 7) is 5.11. The van der Waals surface area contributed by atoms with Crippen molar-refractivity contribution in [3.8, 4) is 5.82 Å². The number of nitrogens with two attached hydrogens (primary N) is 1. The first kappa shape index (κ1) is 15.6. The fourth-order valence-electron chi connectivity index (χ4n) is 2.98. The van der Waals surface area contributed by atoms with E-state index in [1.54, 1.807) is 10.9 Å². The standard InChI is InChI=1S/C16H21N9/c1-10(2)14-22-15-11(5-3-7-25(15)23-14)19-12-9-13(21-16(17)20-12)24-8-4-6-18-24/h4,6,8-11H,3,5,7H2,1-2H3,(H3,17,19,20,21). The van der Waals surface area contributed by atoms with Crippen LogP contribution in [0.2, 0.25) is 0 Å². The normalized spacial score (nSPS) is 16.8. The summed E-state index contributed by atoms with van der Waals surface area (Å²) < 4.78 is 3.65. The lowest BCUT2D eigenvalue weighted by Gasteiger charge is -2.23. The van der Waals surface area contributed by atoms with E-state index in [9.17, 15) is 0 Å². The van der Waals surface area contributed by atoms with Gasteiger partial charge in [0.2, 0.25) is 5.95 Å². The third-order valence-electron chi connectivity index (χ3n) is 4.20. The fraction of sp³-hybridized carbons (Fsp3) is 0.438. The van der Waals surface area contributed by atoms with Crippen molar-refractivity contribution in [3.05, 3.63) is 36.2 Å². The third kappa shape index (κ3) is 3.04. The number of rotatable bonds is 4. The van der Waals surface area contributed by atoms with Crippen LogP contribution in [0.3, 0.4) is 0 Å². The fourth-order valence-corrected chi connectivity index (χ4v) is 2.98. The van der Waals surface area contributed by atoms with Gasteiger partial charge in [-0.05, 0) is 18.9 Å². The van der Waals surface area contributed by atoms with E-state index in [2.05, 4.69) is 39.3 Å². The van der Waals surface area contributed by atoms with Crippen molar-refractivity contribution in [1.82, 2.24) is 34.5 Å². The van der Waals surface area contributed by atoms with Crippen molar-refractivity contribution in [3.63, 3.8) is 0 Å². The van der Waals surface area contributed by atoms with E-state index in [0.717, 1.165) is 31.0 Å². The number of hydrogen-bond acceptors (Lipinski definition) is 7. The van der Waals surface area contributed by atoms with E-state index < -0.39 is 0 Å². The minimum Gasteiger partial charge on any atom is -0.368 e. The van der Waals surface area contributed by atoms with Crippen molar-refractivity contribution in [2.45, 2.75) is 45.2 Å². The zero-order valence-corrected chi connectivity index (χ0v) is 14.3. The van der Waals surface area contributed by atoms with Crippen LogP contribution in [0.5, 0.6) is 0 Å². The summed E-state index contributed by atoms with van der Waals surface area (Å²) in [7, 11) is 0. The number of hydrogen-bond donors (Lipinski definition) is 2. The highest BCUT2D eigenvalue weighted by Gasteiger charge is 2.25. The van der Waals surface area contributed by atoms with Gasteiger partial charge in [0, 0.05) is 30.9 Å². The smallest absolute Gasteiger partial charge is 0.224 e. The molecule has 3 aromatic heterocycles. The molecule has 0 saturated heterocycles. The van der Waals surface area contributed by atoms with Gasteiger partial charge in [0.15, 0.2) is 11.6 Å². The second kappa shape index (κ2) is 6.15. The molecule has 130 valence electrons. The van der Waals surface area contributed by atoms with E-state index in [4.69, 9.17) is 10.7 Å². The van der Waals surface area contributed by atoms with Crippen LogP contribution < -0.4 is 11.1 Å². The molecule has 4 rings (SSSR count). The Kier molecular flexibility index (Phi) is 3.83. The first-order chi connectivity index (χ1) is 12.1. The molecule has 3 N–H and O–H groups in total. The van der Waals surface area contributed by atoms with Crippen LogP contribution in [0.4, 0.5) is 11.8 Å². The molecule has 0 radical (unpaired) electrons. The Bertz CT molecular complexity index is 866. The molecule has 0 aromatic carbocycles. The molecule has 1 aliphatic rings. The van der Waals surface area contributed by atoms with Crippen LogP contribution in [0.25, 0.3) is 5.82 Å². The van der Waals surface area contributed by atoms with Crippen molar-refractivity contribution < 1.29 is 0 Å². The maximum atomic E-state index is 5.87. The van der Waals surface area contributed by atoms with Gasteiger partial charge in [0.25, 0.3) is 0 Å². The Hall–Kier alpha value is -2.97. The lowest BCUT2D eigenvalue weighted by molar-refractivity contribution is 0.436. The minimum absolute atomic E-state index is 0.0496. The number of aromatic nitrogens is 7. The molecule has 9 heteroatoms. The Morgan fingerprint density at radius 2 is 2.16 bits per heavy atom. The Morgan fingerprint density at radius 3 is 2.92 bits per heavy atom. The quantitative estimate of drug-likeness (QED) is 0.746. The number of anilines is 2. The number of fused-ring (bicyclic) bond motifs is 1. The zero-order chi connectivity index (χ0) is 17.4. The van der Waals surface area contributed by atoms with Crippen molar-refractivity contribution >= 4 is 11.8 Å². The molecule has 1 atom stereocenters. The highest BCUT2D eigenvalue weighted by atomic mass is 15.4. The van der Waals surface area contributed by atoms with Gasteiger partial charge in [0.1, 0.15) is 11.6 Å². The highest BCUT2D eigenvalue weighted by molar-refractivity contribution is 5.46. The molecule has 1 unspecified atom stereocenters. The SMILES string of the molecule is CC(C)c1nc2n(n1)CCCC2Nc1cc(-n2cccn2)nc(N)n1. The molecule has 0 fully saturated rings. The molecule has 1 aliphatic heterocycles. The van der Waals surface area contributed by atoms with Gasteiger partial charge in [0.05, 0.1) is 6.04 Å². The number of aryl methyl sites for hydroxylation is 1. The van der Waals surface area contributed by atoms with Crippen LogP contribution in [0.15, 0.2) is 24.5 Å². The molecular formula is C16H21N9. The lowest BCUT2D eigenvalue weighted by atomic mass is 10.1. The van der Waals surface area contributed by atoms with Crippen LogP contribution >= 0.6 is 0 Å². The molecule has 0 bridgehead atoms. The van der Waals surface area contributed by atoms with Gasteiger partial charge in [-0.15, -0.1) is 0 Å². The van der Waals surface area contributed by atoms with Gasteiger partial charge >= 0.3 is 0 Å². The Balaban J connectivity index is 1.63. The van der Waals surface area contributed by atoms with Crippen LogP contribution in [-0.2, 0) is 6.54 Å². The Morgan fingerprint density at radius 1 is 1.28 bits per heavy atom. The molecule has 0 saturated carbocycles. The monoisotopic (exact) mass is 339 g/mol. The minimum atomic E-state index is 0.0496. The number of nitrogens with zero attached hydrogens (tertiary/aromatic N) is 7. The molecule has 0 aliphatic carbocycles. The summed E-state index contributed by atoms with van der Waals surface area (Å²) in [5, 5.41) is 12.2. The summed E-state index contributed by atoms with van der Waals surface area (Å²) in [6, 6.07) is 3.72. The van der Waals surface area contributed by atoms with E-state index in [0.29, 0.717) is 17.6 Å². The summed E-state index contributed by atoms with van der Waals surface area (Å²) in [5.74, 6) is 3.62. The average molecular weight is 339 g/mol. The van der Waals surface area contributed by atoms with E-state index in [1.165, 1.54) is 0 Å². The topological polar surface area (TPSA) is 112 Å². The van der Waals surface area contributed by atoms with Crippen molar-refractivity contribution in [2.75, 3.05) is 11.1 Å². The van der Waals surface area contributed by atoms with E-state index in [1.807, 2.05) is 23.0 Å². The molecule has 4 heterocycles. The molecular weight excluding hydrogens is 318 g/mol. The van der Waals surface area contributed by atoms with Crippen LogP contribution in [-0.4, -0.2) is 34.5 Å². The van der Waals surface area contributed by atoms with Gasteiger partial charge in [-0.3, -0.25) is 0 Å². The molecule has 3 aromatic rings. The Labute approximate surface area is 145 Å².